The first-order valence-corrected chi connectivity index (χ1v) is 5.87. The van der Waals surface area contributed by atoms with Crippen LogP contribution in [0.1, 0.15) is 53.9 Å². The van der Waals surface area contributed by atoms with E-state index in [1.54, 1.807) is 0 Å². The molecule has 0 amide bonds. The van der Waals surface area contributed by atoms with Crippen molar-refractivity contribution in [1.82, 2.24) is 4.90 Å². The van der Waals surface area contributed by atoms with Crippen molar-refractivity contribution in [2.75, 3.05) is 13.1 Å². The van der Waals surface area contributed by atoms with Crippen LogP contribution in [0.2, 0.25) is 0 Å². The Kier molecular flexibility index (Phi) is 7.35. The Morgan fingerprint density at radius 1 is 0.923 bits per heavy atom. The van der Waals surface area contributed by atoms with Gasteiger partial charge in [-0.1, -0.05) is 34.1 Å². The van der Waals surface area contributed by atoms with Crippen molar-refractivity contribution in [1.29, 1.82) is 0 Å². The Hall–Kier alpha value is -0.0400. The number of hydrogen-bond acceptors (Lipinski definition) is 1. The second-order valence-electron chi connectivity index (χ2n) is 4.37. The molecule has 0 aromatic heterocycles. The molecule has 0 heterocycles. The maximum atomic E-state index is 2.63. The minimum absolute atomic E-state index is 0.742. The lowest BCUT2D eigenvalue weighted by Crippen LogP contribution is -2.37. The van der Waals surface area contributed by atoms with Gasteiger partial charge in [-0.15, -0.1) is 0 Å². The Labute approximate surface area is 84.5 Å². The molecule has 0 radical (unpaired) electrons. The standard InChI is InChI=1S/C12H27N/c1-6-8-10-13(9-7-2)12(5)11(3)4/h11-12H,6-10H2,1-5H3. The monoisotopic (exact) mass is 185 g/mol. The molecule has 13 heavy (non-hydrogen) atoms. The van der Waals surface area contributed by atoms with Crippen LogP contribution in [0.15, 0.2) is 0 Å². The van der Waals surface area contributed by atoms with Gasteiger partial charge in [-0.3, -0.25) is 0 Å². The highest BCUT2D eigenvalue weighted by Crippen LogP contribution is 2.11. The van der Waals surface area contributed by atoms with Crippen LogP contribution in [0.3, 0.4) is 0 Å². The molecule has 1 heteroatoms. The van der Waals surface area contributed by atoms with Crippen molar-refractivity contribution in [3.63, 3.8) is 0 Å². The lowest BCUT2D eigenvalue weighted by Gasteiger charge is -2.31. The average Bonchev–Trinajstić information content (AvgIpc) is 2.11. The minimum Gasteiger partial charge on any atom is -0.300 e. The molecule has 0 N–H and O–H groups in total. The Morgan fingerprint density at radius 3 is 1.92 bits per heavy atom. The topological polar surface area (TPSA) is 3.24 Å². The molecule has 0 rings (SSSR count). The number of rotatable bonds is 7. The van der Waals surface area contributed by atoms with E-state index in [-0.39, 0.29) is 0 Å². The van der Waals surface area contributed by atoms with E-state index in [0.29, 0.717) is 0 Å². The molecule has 0 saturated carbocycles. The first-order chi connectivity index (χ1) is 6.13. The van der Waals surface area contributed by atoms with E-state index in [4.69, 9.17) is 0 Å². The molecule has 1 atom stereocenters. The second kappa shape index (κ2) is 7.37. The fourth-order valence-electron chi connectivity index (χ4n) is 1.59. The maximum Gasteiger partial charge on any atom is 0.00899 e. The molecule has 0 saturated heterocycles. The SMILES string of the molecule is CCCCN(CCC)C(C)C(C)C. The molecule has 0 aromatic carbocycles. The average molecular weight is 185 g/mol. The molecule has 80 valence electrons. The van der Waals surface area contributed by atoms with Gasteiger partial charge in [0.15, 0.2) is 0 Å². The van der Waals surface area contributed by atoms with Gasteiger partial charge in [-0.2, -0.15) is 0 Å². The van der Waals surface area contributed by atoms with Crippen LogP contribution in [-0.2, 0) is 0 Å². The lowest BCUT2D eigenvalue weighted by molar-refractivity contribution is 0.166. The number of hydrogen-bond donors (Lipinski definition) is 0. The van der Waals surface area contributed by atoms with Crippen molar-refractivity contribution in [2.24, 2.45) is 5.92 Å². The minimum atomic E-state index is 0.742. The molecule has 0 aromatic rings. The lowest BCUT2D eigenvalue weighted by atomic mass is 10.0. The van der Waals surface area contributed by atoms with Gasteiger partial charge in [0.05, 0.1) is 0 Å². The predicted molar refractivity (Wildman–Crippen MR) is 61.1 cm³/mol. The fourth-order valence-corrected chi connectivity index (χ4v) is 1.59. The van der Waals surface area contributed by atoms with Crippen LogP contribution in [0.25, 0.3) is 0 Å². The van der Waals surface area contributed by atoms with Gasteiger partial charge in [0.25, 0.3) is 0 Å². The first kappa shape index (κ1) is 13.0. The van der Waals surface area contributed by atoms with Crippen molar-refractivity contribution in [3.05, 3.63) is 0 Å². The van der Waals surface area contributed by atoms with E-state index in [1.165, 1.54) is 32.4 Å². The van der Waals surface area contributed by atoms with Crippen molar-refractivity contribution < 1.29 is 0 Å². The van der Waals surface area contributed by atoms with Crippen molar-refractivity contribution >= 4 is 0 Å². The summed E-state index contributed by atoms with van der Waals surface area (Å²) in [4.78, 5) is 2.63. The van der Waals surface area contributed by atoms with Gasteiger partial charge in [-0.25, -0.2) is 0 Å². The predicted octanol–water partition coefficient (Wildman–Crippen LogP) is 3.54. The highest BCUT2D eigenvalue weighted by molar-refractivity contribution is 4.69. The summed E-state index contributed by atoms with van der Waals surface area (Å²) in [6, 6.07) is 0.742. The van der Waals surface area contributed by atoms with Crippen LogP contribution in [0.5, 0.6) is 0 Å². The van der Waals surface area contributed by atoms with E-state index < -0.39 is 0 Å². The normalized spacial score (nSPS) is 14.1. The maximum absolute atomic E-state index is 2.63. The Balaban J connectivity index is 3.90. The third-order valence-corrected chi connectivity index (χ3v) is 2.85. The van der Waals surface area contributed by atoms with Crippen LogP contribution < -0.4 is 0 Å². The summed E-state index contributed by atoms with van der Waals surface area (Å²) in [6.07, 6.45) is 3.93. The quantitative estimate of drug-likeness (QED) is 0.586. The van der Waals surface area contributed by atoms with Crippen LogP contribution >= 0.6 is 0 Å². The van der Waals surface area contributed by atoms with Gasteiger partial charge in [0, 0.05) is 6.04 Å². The van der Waals surface area contributed by atoms with Crippen LogP contribution in [0, 0.1) is 5.92 Å². The highest BCUT2D eigenvalue weighted by atomic mass is 15.1. The van der Waals surface area contributed by atoms with Crippen molar-refractivity contribution in [2.45, 2.75) is 59.9 Å². The molecule has 1 nitrogen and oxygen atoms in total. The Morgan fingerprint density at radius 2 is 1.54 bits per heavy atom. The zero-order valence-corrected chi connectivity index (χ0v) is 10.1. The van der Waals surface area contributed by atoms with E-state index >= 15 is 0 Å². The van der Waals surface area contributed by atoms with Crippen LogP contribution in [-0.4, -0.2) is 24.0 Å². The molecular formula is C12H27N. The first-order valence-electron chi connectivity index (χ1n) is 5.87. The molecule has 0 spiro atoms. The molecule has 1 unspecified atom stereocenters. The van der Waals surface area contributed by atoms with E-state index in [0.717, 1.165) is 12.0 Å². The molecular weight excluding hydrogens is 158 g/mol. The van der Waals surface area contributed by atoms with E-state index in [1.807, 2.05) is 0 Å². The van der Waals surface area contributed by atoms with Gasteiger partial charge < -0.3 is 4.90 Å². The number of unbranched alkanes of at least 4 members (excludes halogenated alkanes) is 1. The van der Waals surface area contributed by atoms with E-state index in [9.17, 15) is 0 Å². The third kappa shape index (κ3) is 5.30. The number of nitrogens with zero attached hydrogens (tertiary/aromatic N) is 1. The summed E-state index contributed by atoms with van der Waals surface area (Å²) in [7, 11) is 0. The summed E-state index contributed by atoms with van der Waals surface area (Å²) < 4.78 is 0. The van der Waals surface area contributed by atoms with Gasteiger partial charge >= 0.3 is 0 Å². The zero-order valence-electron chi connectivity index (χ0n) is 10.1. The van der Waals surface area contributed by atoms with E-state index in [2.05, 4.69) is 39.5 Å². The largest absolute Gasteiger partial charge is 0.300 e. The molecule has 0 aliphatic carbocycles. The van der Waals surface area contributed by atoms with Gasteiger partial charge in [-0.05, 0) is 38.8 Å². The summed E-state index contributed by atoms with van der Waals surface area (Å²) in [5, 5.41) is 0. The summed E-state index contributed by atoms with van der Waals surface area (Å²) in [5.41, 5.74) is 0. The van der Waals surface area contributed by atoms with Gasteiger partial charge in [0.2, 0.25) is 0 Å². The van der Waals surface area contributed by atoms with Crippen molar-refractivity contribution in [3.8, 4) is 0 Å². The highest BCUT2D eigenvalue weighted by Gasteiger charge is 2.14. The molecule has 0 fully saturated rings. The second-order valence-corrected chi connectivity index (χ2v) is 4.37. The summed E-state index contributed by atoms with van der Waals surface area (Å²) in [6.45, 7) is 14.1. The Bertz CT molecular complexity index is 110. The summed E-state index contributed by atoms with van der Waals surface area (Å²) in [5.74, 6) is 0.781. The zero-order chi connectivity index (χ0) is 10.3. The third-order valence-electron chi connectivity index (χ3n) is 2.85. The van der Waals surface area contributed by atoms with Gasteiger partial charge in [0.1, 0.15) is 0 Å². The van der Waals surface area contributed by atoms with Crippen LogP contribution in [0.4, 0.5) is 0 Å². The molecule has 0 aliphatic rings. The fraction of sp³-hybridized carbons (Fsp3) is 1.00. The summed E-state index contributed by atoms with van der Waals surface area (Å²) >= 11 is 0. The molecule has 0 bridgehead atoms. The molecule has 0 aliphatic heterocycles. The smallest absolute Gasteiger partial charge is 0.00899 e.